The largest absolute Gasteiger partial charge is 0.486 e. The first-order chi connectivity index (χ1) is 15.6. The molecule has 0 spiro atoms. The number of carbonyl (C=O) groups excluding carboxylic acids is 2. The molecule has 0 radical (unpaired) electrons. The minimum Gasteiger partial charge on any atom is -0.486 e. The highest BCUT2D eigenvalue weighted by Crippen LogP contribution is 2.33. The van der Waals surface area contributed by atoms with Crippen molar-refractivity contribution >= 4 is 56.0 Å². The van der Waals surface area contributed by atoms with Crippen molar-refractivity contribution in [3.8, 4) is 11.5 Å². The molecule has 0 aliphatic carbocycles. The summed E-state index contributed by atoms with van der Waals surface area (Å²) in [6, 6.07) is 12.7. The molecule has 3 N–H and O–H groups in total. The summed E-state index contributed by atoms with van der Waals surface area (Å²) in [6.45, 7) is 1.49. The number of halogens is 1. The number of fused-ring (bicyclic) bond motifs is 2. The van der Waals surface area contributed by atoms with Gasteiger partial charge in [0.05, 0.1) is 17.4 Å². The van der Waals surface area contributed by atoms with Gasteiger partial charge in [-0.05, 0) is 36.4 Å². The van der Waals surface area contributed by atoms with Gasteiger partial charge in [-0.2, -0.15) is 0 Å². The standard InChI is InChI=1S/C21H20BrN5O4S/c22-12-1-4-14(5-2-12)27-20(29)15-10-23-26-19(15)25-21(27)32-11-18(28)24-13-3-6-16-17(9-13)31-8-7-30-16/h1-6,9,15,19,23,26H,7-8,10-11H2,(H,24,28). The van der Waals surface area contributed by atoms with Crippen LogP contribution in [0.1, 0.15) is 0 Å². The van der Waals surface area contributed by atoms with E-state index in [9.17, 15) is 9.59 Å². The van der Waals surface area contributed by atoms with Crippen LogP contribution in [-0.2, 0) is 9.59 Å². The molecule has 9 nitrogen and oxygen atoms in total. The minimum absolute atomic E-state index is 0.0560. The predicted octanol–water partition coefficient (Wildman–Crippen LogP) is 2.34. The Hall–Kier alpha value is -2.60. The summed E-state index contributed by atoms with van der Waals surface area (Å²) in [5.74, 6) is 0.803. The molecule has 2 atom stereocenters. The number of nitrogens with zero attached hydrogens (tertiary/aromatic N) is 2. The predicted molar refractivity (Wildman–Crippen MR) is 126 cm³/mol. The Morgan fingerprint density at radius 1 is 1.19 bits per heavy atom. The van der Waals surface area contributed by atoms with E-state index in [1.165, 1.54) is 11.8 Å². The Labute approximate surface area is 197 Å². The van der Waals surface area contributed by atoms with Crippen molar-refractivity contribution in [1.29, 1.82) is 0 Å². The highest BCUT2D eigenvalue weighted by molar-refractivity contribution is 9.10. The Morgan fingerprint density at radius 3 is 2.78 bits per heavy atom. The van der Waals surface area contributed by atoms with Crippen molar-refractivity contribution in [3.05, 3.63) is 46.9 Å². The second kappa shape index (κ2) is 9.10. The lowest BCUT2D eigenvalue weighted by atomic mass is 10.0. The molecule has 0 saturated carbocycles. The van der Waals surface area contributed by atoms with Gasteiger partial charge in [-0.3, -0.25) is 19.9 Å². The number of amides is 2. The van der Waals surface area contributed by atoms with Crippen molar-refractivity contribution in [1.82, 2.24) is 10.9 Å². The SMILES string of the molecule is O=C(CSC1=NC2NNCC2C(=O)N1c1ccc(Br)cc1)Nc1ccc2c(c1)OCCO2. The lowest BCUT2D eigenvalue weighted by molar-refractivity contribution is -0.121. The van der Waals surface area contributed by atoms with E-state index in [2.05, 4.69) is 32.1 Å². The zero-order valence-electron chi connectivity index (χ0n) is 16.8. The van der Waals surface area contributed by atoms with Crippen molar-refractivity contribution in [2.24, 2.45) is 10.9 Å². The van der Waals surface area contributed by atoms with Crippen LogP contribution in [0.15, 0.2) is 51.9 Å². The summed E-state index contributed by atoms with van der Waals surface area (Å²) in [5.41, 5.74) is 7.35. The molecule has 1 fully saturated rings. The number of thioether (sulfide) groups is 1. The first-order valence-electron chi connectivity index (χ1n) is 10.1. The molecule has 0 bridgehead atoms. The molecule has 2 aromatic carbocycles. The average Bonchev–Trinajstić information content (AvgIpc) is 3.28. The van der Waals surface area contributed by atoms with Crippen LogP contribution < -0.4 is 30.5 Å². The van der Waals surface area contributed by atoms with E-state index in [-0.39, 0.29) is 29.7 Å². The number of rotatable bonds is 4. The number of benzene rings is 2. The first-order valence-corrected chi connectivity index (χ1v) is 11.8. The number of hydrogen-bond acceptors (Lipinski definition) is 8. The van der Waals surface area contributed by atoms with E-state index in [4.69, 9.17) is 14.5 Å². The molecule has 0 aromatic heterocycles. The zero-order valence-corrected chi connectivity index (χ0v) is 19.2. The topological polar surface area (TPSA) is 104 Å². The van der Waals surface area contributed by atoms with Gasteiger partial charge in [-0.15, -0.1) is 0 Å². The fourth-order valence-corrected chi connectivity index (χ4v) is 4.75. The van der Waals surface area contributed by atoms with Gasteiger partial charge in [0.25, 0.3) is 0 Å². The van der Waals surface area contributed by atoms with Crippen LogP contribution in [0.2, 0.25) is 0 Å². The number of ether oxygens (including phenoxy) is 2. The maximum absolute atomic E-state index is 13.2. The van der Waals surface area contributed by atoms with Gasteiger partial charge < -0.3 is 14.8 Å². The molecule has 5 rings (SSSR count). The molecule has 3 aliphatic heterocycles. The van der Waals surface area contributed by atoms with E-state index in [0.29, 0.717) is 47.8 Å². The molecule has 166 valence electrons. The number of aliphatic imine (C=N–C) groups is 1. The van der Waals surface area contributed by atoms with Crippen molar-refractivity contribution in [2.45, 2.75) is 6.17 Å². The maximum Gasteiger partial charge on any atom is 0.241 e. The van der Waals surface area contributed by atoms with E-state index in [1.807, 2.05) is 24.3 Å². The summed E-state index contributed by atoms with van der Waals surface area (Å²) in [4.78, 5) is 32.1. The first kappa shape index (κ1) is 21.3. The lowest BCUT2D eigenvalue weighted by Crippen LogP contribution is -2.49. The molecular weight excluding hydrogens is 498 g/mol. The summed E-state index contributed by atoms with van der Waals surface area (Å²) in [7, 11) is 0. The molecule has 1 saturated heterocycles. The van der Waals surface area contributed by atoms with Crippen LogP contribution in [0.4, 0.5) is 11.4 Å². The molecule has 2 unspecified atom stereocenters. The van der Waals surface area contributed by atoms with E-state index in [1.54, 1.807) is 23.1 Å². The van der Waals surface area contributed by atoms with Crippen molar-refractivity contribution < 1.29 is 19.1 Å². The Kier molecular flexibility index (Phi) is 6.05. The number of anilines is 2. The molecule has 3 heterocycles. The average molecular weight is 518 g/mol. The number of carbonyl (C=O) groups is 2. The van der Waals surface area contributed by atoms with Crippen LogP contribution >= 0.6 is 27.7 Å². The second-order valence-corrected chi connectivity index (χ2v) is 9.19. The normalized spacial score (nSPS) is 21.7. The quantitative estimate of drug-likeness (QED) is 0.571. The summed E-state index contributed by atoms with van der Waals surface area (Å²) in [6.07, 6.45) is -0.349. The van der Waals surface area contributed by atoms with E-state index in [0.717, 1.165) is 4.47 Å². The van der Waals surface area contributed by atoms with Crippen LogP contribution in [0.25, 0.3) is 0 Å². The molecule has 2 amide bonds. The Balaban J connectivity index is 1.30. The van der Waals surface area contributed by atoms with Gasteiger partial charge in [0, 0.05) is 22.8 Å². The number of nitrogens with one attached hydrogen (secondary N) is 3. The van der Waals surface area contributed by atoms with Crippen LogP contribution in [0.5, 0.6) is 11.5 Å². The molecular formula is C21H20BrN5O4S. The summed E-state index contributed by atoms with van der Waals surface area (Å²) < 4.78 is 12.0. The fourth-order valence-electron chi connectivity index (χ4n) is 3.65. The van der Waals surface area contributed by atoms with Gasteiger partial charge >= 0.3 is 0 Å². The number of hydrogen-bond donors (Lipinski definition) is 3. The van der Waals surface area contributed by atoms with Crippen LogP contribution in [0.3, 0.4) is 0 Å². The van der Waals surface area contributed by atoms with Gasteiger partial charge in [-0.25, -0.2) is 10.4 Å². The third-order valence-corrected chi connectivity index (χ3v) is 6.66. The number of amidine groups is 1. The van der Waals surface area contributed by atoms with Gasteiger partial charge in [0.15, 0.2) is 16.7 Å². The Bertz CT molecular complexity index is 1080. The van der Waals surface area contributed by atoms with Gasteiger partial charge in [-0.1, -0.05) is 27.7 Å². The van der Waals surface area contributed by atoms with E-state index < -0.39 is 0 Å². The fraction of sp³-hybridized carbons (Fsp3) is 0.286. The highest BCUT2D eigenvalue weighted by Gasteiger charge is 2.42. The maximum atomic E-state index is 13.2. The smallest absolute Gasteiger partial charge is 0.241 e. The zero-order chi connectivity index (χ0) is 22.1. The second-order valence-electron chi connectivity index (χ2n) is 7.33. The van der Waals surface area contributed by atoms with Gasteiger partial charge in [0.1, 0.15) is 19.4 Å². The van der Waals surface area contributed by atoms with Crippen LogP contribution in [0, 0.1) is 5.92 Å². The lowest BCUT2D eigenvalue weighted by Gasteiger charge is -2.32. The van der Waals surface area contributed by atoms with E-state index >= 15 is 0 Å². The summed E-state index contributed by atoms with van der Waals surface area (Å²) >= 11 is 4.64. The molecule has 3 aliphatic rings. The third kappa shape index (κ3) is 4.33. The molecule has 32 heavy (non-hydrogen) atoms. The van der Waals surface area contributed by atoms with Crippen molar-refractivity contribution in [3.63, 3.8) is 0 Å². The molecule has 11 heteroatoms. The van der Waals surface area contributed by atoms with Crippen LogP contribution in [-0.4, -0.2) is 48.7 Å². The molecule has 2 aromatic rings. The minimum atomic E-state index is -0.349. The summed E-state index contributed by atoms with van der Waals surface area (Å²) in [5, 5.41) is 3.34. The third-order valence-electron chi connectivity index (χ3n) is 5.17. The van der Waals surface area contributed by atoms with Gasteiger partial charge in [0.2, 0.25) is 11.8 Å². The van der Waals surface area contributed by atoms with Crippen molar-refractivity contribution in [2.75, 3.05) is 35.7 Å². The number of hydrazine groups is 1. The Morgan fingerprint density at radius 2 is 1.97 bits per heavy atom. The monoisotopic (exact) mass is 517 g/mol. The highest BCUT2D eigenvalue weighted by atomic mass is 79.9.